The third-order valence-electron chi connectivity index (χ3n) is 4.93. The molecule has 0 unspecified atom stereocenters. The number of morpholine rings is 1. The van der Waals surface area contributed by atoms with Crippen molar-refractivity contribution in [3.63, 3.8) is 0 Å². The predicted octanol–water partition coefficient (Wildman–Crippen LogP) is 2.03. The summed E-state index contributed by atoms with van der Waals surface area (Å²) in [6, 6.07) is 13.6. The molecule has 0 bridgehead atoms. The number of thioether (sulfide) groups is 1. The highest BCUT2D eigenvalue weighted by Gasteiger charge is 2.26. The Kier molecular flexibility index (Phi) is 7.28. The lowest BCUT2D eigenvalue weighted by molar-refractivity contribution is -0.113. The number of hydrogen-bond acceptors (Lipinski definition) is 8. The quantitative estimate of drug-likeness (QED) is 0.478. The molecule has 12 heteroatoms. The number of hydrogen-bond donors (Lipinski definition) is 1. The zero-order chi connectivity index (χ0) is 23.3. The number of anilines is 1. The molecule has 0 aliphatic carbocycles. The van der Waals surface area contributed by atoms with Gasteiger partial charge in [-0.3, -0.25) is 9.36 Å². The maximum Gasteiger partial charge on any atom is 0.243 e. The Morgan fingerprint density at radius 3 is 2.67 bits per heavy atom. The van der Waals surface area contributed by atoms with Crippen LogP contribution < -0.4 is 10.1 Å². The number of aromatic nitrogens is 3. The van der Waals surface area contributed by atoms with Crippen molar-refractivity contribution >= 4 is 33.4 Å². The Labute approximate surface area is 196 Å². The number of ether oxygens (including phenoxy) is 2. The summed E-state index contributed by atoms with van der Waals surface area (Å²) in [5, 5.41) is 11.3. The van der Waals surface area contributed by atoms with Gasteiger partial charge in [0.05, 0.1) is 31.0 Å². The van der Waals surface area contributed by atoms with E-state index in [1.54, 1.807) is 30.1 Å². The molecule has 1 fully saturated rings. The highest BCUT2D eigenvalue weighted by Crippen LogP contribution is 2.23. The van der Waals surface area contributed by atoms with Crippen molar-refractivity contribution in [2.75, 3.05) is 44.5 Å². The van der Waals surface area contributed by atoms with Crippen LogP contribution in [0.15, 0.2) is 64.9 Å². The zero-order valence-corrected chi connectivity index (χ0v) is 19.5. The first-order valence-electron chi connectivity index (χ1n) is 10.1. The number of rotatable bonds is 8. The molecule has 3 aromatic rings. The molecule has 0 atom stereocenters. The van der Waals surface area contributed by atoms with E-state index >= 15 is 0 Å². The van der Waals surface area contributed by atoms with E-state index in [9.17, 15) is 13.2 Å². The molecule has 1 N–H and O–H groups in total. The Bertz CT molecular complexity index is 1210. The summed E-state index contributed by atoms with van der Waals surface area (Å²) in [5.41, 5.74) is 1.25. The van der Waals surface area contributed by atoms with Gasteiger partial charge in [0, 0.05) is 24.5 Å². The number of benzene rings is 2. The van der Waals surface area contributed by atoms with Crippen LogP contribution in [0.5, 0.6) is 5.75 Å². The normalized spacial score (nSPS) is 14.7. The summed E-state index contributed by atoms with van der Waals surface area (Å²) in [7, 11) is -2.04. The van der Waals surface area contributed by atoms with Crippen molar-refractivity contribution in [3.8, 4) is 11.4 Å². The van der Waals surface area contributed by atoms with E-state index in [0.29, 0.717) is 37.1 Å². The predicted molar refractivity (Wildman–Crippen MR) is 123 cm³/mol. The first-order valence-corrected chi connectivity index (χ1v) is 12.5. The highest BCUT2D eigenvalue weighted by atomic mass is 32.2. The smallest absolute Gasteiger partial charge is 0.243 e. The fourth-order valence-corrected chi connectivity index (χ4v) is 5.42. The van der Waals surface area contributed by atoms with Crippen molar-refractivity contribution in [2.45, 2.75) is 10.1 Å². The van der Waals surface area contributed by atoms with Gasteiger partial charge in [-0.05, 0) is 42.5 Å². The molecule has 1 saturated heterocycles. The van der Waals surface area contributed by atoms with E-state index in [-0.39, 0.29) is 16.6 Å². The summed E-state index contributed by atoms with van der Waals surface area (Å²) in [4.78, 5) is 12.7. The summed E-state index contributed by atoms with van der Waals surface area (Å²) < 4.78 is 39.3. The van der Waals surface area contributed by atoms with E-state index in [1.165, 1.54) is 28.2 Å². The first-order chi connectivity index (χ1) is 16.0. The number of nitrogens with one attached hydrogen (secondary N) is 1. The Morgan fingerprint density at radius 2 is 1.94 bits per heavy atom. The third kappa shape index (κ3) is 5.53. The summed E-state index contributed by atoms with van der Waals surface area (Å²) in [5.74, 6) is 0.526. The maximum atomic E-state index is 12.8. The van der Waals surface area contributed by atoms with Crippen molar-refractivity contribution < 1.29 is 22.7 Å². The zero-order valence-electron chi connectivity index (χ0n) is 17.9. The van der Waals surface area contributed by atoms with E-state index in [4.69, 9.17) is 9.47 Å². The maximum absolute atomic E-state index is 12.8. The van der Waals surface area contributed by atoms with Crippen LogP contribution in [0.4, 0.5) is 5.69 Å². The van der Waals surface area contributed by atoms with Gasteiger partial charge in [-0.15, -0.1) is 10.2 Å². The van der Waals surface area contributed by atoms with Crippen LogP contribution in [0.1, 0.15) is 0 Å². The van der Waals surface area contributed by atoms with Crippen molar-refractivity contribution in [1.82, 2.24) is 19.1 Å². The van der Waals surface area contributed by atoms with E-state index in [1.807, 2.05) is 24.3 Å². The Hall–Kier alpha value is -2.93. The number of carbonyl (C=O) groups excluding carboxylic acids is 1. The van der Waals surface area contributed by atoms with E-state index in [2.05, 4.69) is 15.5 Å². The van der Waals surface area contributed by atoms with Gasteiger partial charge in [-0.25, -0.2) is 8.42 Å². The molecule has 1 aliphatic heterocycles. The molecule has 2 heterocycles. The van der Waals surface area contributed by atoms with Crippen LogP contribution in [-0.4, -0.2) is 72.6 Å². The topological polar surface area (TPSA) is 116 Å². The monoisotopic (exact) mass is 489 g/mol. The number of nitrogens with zero attached hydrogens (tertiary/aromatic N) is 4. The van der Waals surface area contributed by atoms with Crippen LogP contribution in [0.2, 0.25) is 0 Å². The van der Waals surface area contributed by atoms with Gasteiger partial charge in [0.1, 0.15) is 12.1 Å². The molecule has 0 saturated carbocycles. The highest BCUT2D eigenvalue weighted by molar-refractivity contribution is 7.99. The minimum absolute atomic E-state index is 0.0787. The van der Waals surface area contributed by atoms with E-state index in [0.717, 1.165) is 11.4 Å². The van der Waals surface area contributed by atoms with Crippen LogP contribution in [0.3, 0.4) is 0 Å². The van der Waals surface area contributed by atoms with Crippen molar-refractivity contribution in [3.05, 3.63) is 54.9 Å². The average Bonchev–Trinajstić information content (AvgIpc) is 3.32. The first kappa shape index (κ1) is 23.2. The van der Waals surface area contributed by atoms with Gasteiger partial charge in [-0.1, -0.05) is 17.8 Å². The van der Waals surface area contributed by atoms with Crippen LogP contribution >= 0.6 is 11.8 Å². The summed E-state index contributed by atoms with van der Waals surface area (Å²) >= 11 is 1.22. The van der Waals surface area contributed by atoms with Gasteiger partial charge >= 0.3 is 0 Å². The molecule has 33 heavy (non-hydrogen) atoms. The molecule has 10 nitrogen and oxygen atoms in total. The minimum atomic E-state index is -3.64. The second-order valence-corrected chi connectivity index (χ2v) is 9.94. The molecule has 4 rings (SSSR count). The summed E-state index contributed by atoms with van der Waals surface area (Å²) in [6.07, 6.45) is 1.57. The van der Waals surface area contributed by atoms with Gasteiger partial charge in [0.15, 0.2) is 5.16 Å². The van der Waals surface area contributed by atoms with Crippen LogP contribution in [0.25, 0.3) is 5.69 Å². The molecule has 0 spiro atoms. The van der Waals surface area contributed by atoms with Gasteiger partial charge < -0.3 is 14.8 Å². The lowest BCUT2D eigenvalue weighted by Gasteiger charge is -2.26. The molecule has 1 amide bonds. The lowest BCUT2D eigenvalue weighted by Crippen LogP contribution is -2.40. The molecular formula is C21H23N5O5S2. The van der Waals surface area contributed by atoms with Crippen LogP contribution in [-0.2, 0) is 19.6 Å². The number of sulfonamides is 1. The van der Waals surface area contributed by atoms with Gasteiger partial charge in [-0.2, -0.15) is 4.31 Å². The van der Waals surface area contributed by atoms with E-state index < -0.39 is 10.0 Å². The van der Waals surface area contributed by atoms with Crippen LogP contribution in [0, 0.1) is 0 Å². The van der Waals surface area contributed by atoms with Crippen molar-refractivity contribution in [1.29, 1.82) is 0 Å². The molecule has 1 aliphatic rings. The summed E-state index contributed by atoms with van der Waals surface area (Å²) in [6.45, 7) is 1.36. The second-order valence-electron chi connectivity index (χ2n) is 7.06. The van der Waals surface area contributed by atoms with Gasteiger partial charge in [0.2, 0.25) is 15.9 Å². The number of amides is 1. The molecule has 1 aromatic heterocycles. The third-order valence-corrected chi connectivity index (χ3v) is 7.76. The minimum Gasteiger partial charge on any atom is -0.497 e. The fourth-order valence-electron chi connectivity index (χ4n) is 3.24. The average molecular weight is 490 g/mol. The second kappa shape index (κ2) is 10.3. The molecule has 2 aromatic carbocycles. The Morgan fingerprint density at radius 1 is 1.18 bits per heavy atom. The van der Waals surface area contributed by atoms with Crippen molar-refractivity contribution in [2.24, 2.45) is 0 Å². The molecular weight excluding hydrogens is 466 g/mol. The standard InChI is InChI=1S/C21H23N5O5S2/c1-30-18-7-5-17(6-8-18)26-15-22-24-21(26)32-14-20(27)23-16-3-2-4-19(13-16)33(28,29)25-9-11-31-12-10-25/h2-8,13,15H,9-12,14H2,1H3,(H,23,27). The Balaban J connectivity index is 1.39. The molecule has 0 radical (unpaired) electrons. The number of methoxy groups -OCH3 is 1. The largest absolute Gasteiger partial charge is 0.497 e. The fraction of sp³-hybridized carbons (Fsp3) is 0.286. The van der Waals surface area contributed by atoms with Gasteiger partial charge in [0.25, 0.3) is 0 Å². The number of carbonyl (C=O) groups is 1. The lowest BCUT2D eigenvalue weighted by atomic mass is 10.3. The SMILES string of the molecule is COc1ccc(-n2cnnc2SCC(=O)Nc2cccc(S(=O)(=O)N3CCOCC3)c2)cc1. The molecule has 174 valence electrons.